The number of amides is 1. The molecule has 1 N–H and O–H groups in total. The third-order valence-corrected chi connectivity index (χ3v) is 3.13. The standard InChI is InChI=1S/C14H21N3O/c1-16(2)11-13-14(18)17(10-6-9-15-13)12-7-4-3-5-8-12/h3-5,7-8,13,15H,6,9-11H2,1-2H3. The Balaban J connectivity index is 2.17. The molecule has 1 heterocycles. The molecule has 4 heteroatoms. The summed E-state index contributed by atoms with van der Waals surface area (Å²) in [6.07, 6.45) is 0.991. The summed E-state index contributed by atoms with van der Waals surface area (Å²) in [6, 6.07) is 9.81. The number of para-hydroxylation sites is 1. The van der Waals surface area contributed by atoms with E-state index in [1.807, 2.05) is 54.2 Å². The molecule has 98 valence electrons. The third-order valence-electron chi connectivity index (χ3n) is 3.13. The van der Waals surface area contributed by atoms with Crippen molar-refractivity contribution in [2.24, 2.45) is 0 Å². The van der Waals surface area contributed by atoms with Crippen LogP contribution in [0.3, 0.4) is 0 Å². The van der Waals surface area contributed by atoms with Crippen molar-refractivity contribution in [1.82, 2.24) is 10.2 Å². The first-order valence-electron chi connectivity index (χ1n) is 6.43. The highest BCUT2D eigenvalue weighted by Gasteiger charge is 2.27. The van der Waals surface area contributed by atoms with Gasteiger partial charge in [-0.1, -0.05) is 18.2 Å². The second-order valence-electron chi connectivity index (χ2n) is 4.95. The molecule has 0 aromatic heterocycles. The van der Waals surface area contributed by atoms with Gasteiger partial charge in [0.1, 0.15) is 6.04 Å². The van der Waals surface area contributed by atoms with Gasteiger partial charge in [0, 0.05) is 18.8 Å². The van der Waals surface area contributed by atoms with Gasteiger partial charge in [-0.2, -0.15) is 0 Å². The monoisotopic (exact) mass is 247 g/mol. The van der Waals surface area contributed by atoms with Crippen LogP contribution in [0.25, 0.3) is 0 Å². The van der Waals surface area contributed by atoms with Crippen molar-refractivity contribution < 1.29 is 4.79 Å². The smallest absolute Gasteiger partial charge is 0.245 e. The average Bonchev–Trinajstić information content (AvgIpc) is 2.53. The molecule has 1 fully saturated rings. The van der Waals surface area contributed by atoms with Crippen LogP contribution < -0.4 is 10.2 Å². The average molecular weight is 247 g/mol. The fourth-order valence-corrected chi connectivity index (χ4v) is 2.27. The molecule has 1 aliphatic heterocycles. The van der Waals surface area contributed by atoms with Gasteiger partial charge in [0.25, 0.3) is 0 Å². The van der Waals surface area contributed by atoms with E-state index >= 15 is 0 Å². The van der Waals surface area contributed by atoms with Gasteiger partial charge in [0.05, 0.1) is 0 Å². The Morgan fingerprint density at radius 1 is 1.33 bits per heavy atom. The zero-order chi connectivity index (χ0) is 13.0. The topological polar surface area (TPSA) is 35.6 Å². The second kappa shape index (κ2) is 5.98. The van der Waals surface area contributed by atoms with Crippen molar-refractivity contribution in [2.75, 3.05) is 38.6 Å². The lowest BCUT2D eigenvalue weighted by Crippen LogP contribution is -2.49. The van der Waals surface area contributed by atoms with Crippen molar-refractivity contribution in [3.63, 3.8) is 0 Å². The molecule has 0 aliphatic carbocycles. The summed E-state index contributed by atoms with van der Waals surface area (Å²) < 4.78 is 0. The van der Waals surface area contributed by atoms with Gasteiger partial charge in [-0.25, -0.2) is 0 Å². The van der Waals surface area contributed by atoms with Crippen molar-refractivity contribution in [2.45, 2.75) is 12.5 Å². The summed E-state index contributed by atoms with van der Waals surface area (Å²) in [5.41, 5.74) is 0.995. The first-order chi connectivity index (χ1) is 8.68. The Labute approximate surface area is 109 Å². The fraction of sp³-hybridized carbons (Fsp3) is 0.500. The Kier molecular flexibility index (Phi) is 4.33. The minimum absolute atomic E-state index is 0.109. The summed E-state index contributed by atoms with van der Waals surface area (Å²) in [4.78, 5) is 16.5. The largest absolute Gasteiger partial charge is 0.311 e. The number of anilines is 1. The number of carbonyl (C=O) groups is 1. The van der Waals surface area contributed by atoms with Crippen molar-refractivity contribution >= 4 is 11.6 Å². The van der Waals surface area contributed by atoms with Crippen LogP contribution in [0.2, 0.25) is 0 Å². The van der Waals surface area contributed by atoms with Gasteiger partial charge < -0.3 is 15.1 Å². The molecule has 0 radical (unpaired) electrons. The molecule has 2 rings (SSSR count). The second-order valence-corrected chi connectivity index (χ2v) is 4.95. The zero-order valence-corrected chi connectivity index (χ0v) is 11.1. The quantitative estimate of drug-likeness (QED) is 0.863. The van der Waals surface area contributed by atoms with E-state index in [1.165, 1.54) is 0 Å². The van der Waals surface area contributed by atoms with Crippen LogP contribution in [0.1, 0.15) is 6.42 Å². The number of rotatable bonds is 3. The van der Waals surface area contributed by atoms with Crippen LogP contribution >= 0.6 is 0 Å². The van der Waals surface area contributed by atoms with Crippen molar-refractivity contribution in [3.8, 4) is 0 Å². The normalized spacial score (nSPS) is 21.2. The Morgan fingerprint density at radius 3 is 2.72 bits per heavy atom. The maximum atomic E-state index is 12.5. The van der Waals surface area contributed by atoms with E-state index in [4.69, 9.17) is 0 Å². The van der Waals surface area contributed by atoms with Crippen LogP contribution in [-0.4, -0.2) is 50.6 Å². The SMILES string of the molecule is CN(C)CC1NCCCN(c2ccccc2)C1=O. The highest BCUT2D eigenvalue weighted by molar-refractivity contribution is 5.97. The number of benzene rings is 1. The molecule has 1 aliphatic rings. The maximum Gasteiger partial charge on any atom is 0.245 e. The molecule has 1 unspecified atom stereocenters. The lowest BCUT2D eigenvalue weighted by molar-refractivity contribution is -0.120. The molecule has 0 bridgehead atoms. The number of likely N-dealkylation sites (N-methyl/N-ethyl adjacent to an activating group) is 1. The van der Waals surface area contributed by atoms with E-state index in [0.717, 1.165) is 31.7 Å². The summed E-state index contributed by atoms with van der Waals surface area (Å²) in [7, 11) is 3.99. The minimum atomic E-state index is -0.109. The highest BCUT2D eigenvalue weighted by Crippen LogP contribution is 2.16. The van der Waals surface area contributed by atoms with E-state index in [-0.39, 0.29) is 11.9 Å². The van der Waals surface area contributed by atoms with Crippen LogP contribution in [0.15, 0.2) is 30.3 Å². The van der Waals surface area contributed by atoms with Crippen LogP contribution in [0.5, 0.6) is 0 Å². The summed E-state index contributed by atoms with van der Waals surface area (Å²) in [6.45, 7) is 2.43. The lowest BCUT2D eigenvalue weighted by atomic mass is 10.2. The number of nitrogens with zero attached hydrogens (tertiary/aromatic N) is 2. The van der Waals surface area contributed by atoms with Gasteiger partial charge in [-0.05, 0) is 39.2 Å². The fourth-order valence-electron chi connectivity index (χ4n) is 2.27. The molecule has 1 atom stereocenters. The molecule has 1 amide bonds. The molecule has 1 saturated heterocycles. The number of hydrogen-bond donors (Lipinski definition) is 1. The van der Waals surface area contributed by atoms with E-state index in [1.54, 1.807) is 0 Å². The van der Waals surface area contributed by atoms with Gasteiger partial charge in [-0.15, -0.1) is 0 Å². The van der Waals surface area contributed by atoms with Gasteiger partial charge >= 0.3 is 0 Å². The maximum absolute atomic E-state index is 12.5. The first kappa shape index (κ1) is 13.1. The number of nitrogens with one attached hydrogen (secondary N) is 1. The van der Waals surface area contributed by atoms with Gasteiger partial charge in [-0.3, -0.25) is 4.79 Å². The summed E-state index contributed by atoms with van der Waals surface area (Å²) in [5.74, 6) is 0.174. The van der Waals surface area contributed by atoms with Gasteiger partial charge in [0.2, 0.25) is 5.91 Å². The predicted octanol–water partition coefficient (Wildman–Crippen LogP) is 0.943. The van der Waals surface area contributed by atoms with Crippen LogP contribution in [0, 0.1) is 0 Å². The Hall–Kier alpha value is -1.39. The van der Waals surface area contributed by atoms with Crippen molar-refractivity contribution in [3.05, 3.63) is 30.3 Å². The van der Waals surface area contributed by atoms with Gasteiger partial charge in [0.15, 0.2) is 0 Å². The zero-order valence-electron chi connectivity index (χ0n) is 11.1. The molecule has 18 heavy (non-hydrogen) atoms. The molecular weight excluding hydrogens is 226 g/mol. The summed E-state index contributed by atoms with van der Waals surface area (Å²) >= 11 is 0. The van der Waals surface area contributed by atoms with E-state index in [2.05, 4.69) is 5.32 Å². The highest BCUT2D eigenvalue weighted by atomic mass is 16.2. The predicted molar refractivity (Wildman–Crippen MR) is 73.8 cm³/mol. The molecular formula is C14H21N3O. The third kappa shape index (κ3) is 3.09. The first-order valence-corrected chi connectivity index (χ1v) is 6.43. The Morgan fingerprint density at radius 2 is 2.06 bits per heavy atom. The van der Waals surface area contributed by atoms with E-state index in [0.29, 0.717) is 0 Å². The molecule has 0 saturated carbocycles. The summed E-state index contributed by atoms with van der Waals surface area (Å²) in [5, 5.41) is 3.33. The van der Waals surface area contributed by atoms with Crippen LogP contribution in [-0.2, 0) is 4.79 Å². The van der Waals surface area contributed by atoms with E-state index in [9.17, 15) is 4.79 Å². The molecule has 4 nitrogen and oxygen atoms in total. The van der Waals surface area contributed by atoms with Crippen molar-refractivity contribution in [1.29, 1.82) is 0 Å². The lowest BCUT2D eigenvalue weighted by Gasteiger charge is -2.26. The molecule has 1 aromatic rings. The molecule has 1 aromatic carbocycles. The van der Waals surface area contributed by atoms with Crippen LogP contribution in [0.4, 0.5) is 5.69 Å². The minimum Gasteiger partial charge on any atom is -0.311 e. The molecule has 0 spiro atoms. The number of hydrogen-bond acceptors (Lipinski definition) is 3. The number of carbonyl (C=O) groups excluding carboxylic acids is 1. The Bertz CT molecular complexity index is 391. The van der Waals surface area contributed by atoms with E-state index < -0.39 is 0 Å².